The number of hydrogen-bond donors (Lipinski definition) is 0. The number of hydrogen-bond acceptors (Lipinski definition) is 5. The van der Waals surface area contributed by atoms with E-state index < -0.39 is 5.63 Å². The zero-order valence-electron chi connectivity index (χ0n) is 14.5. The number of fused-ring (bicyclic) bond motifs is 2. The summed E-state index contributed by atoms with van der Waals surface area (Å²) in [6, 6.07) is 11.7. The molecule has 0 N–H and O–H groups in total. The highest BCUT2D eigenvalue weighted by molar-refractivity contribution is 5.85. The molecule has 5 nitrogen and oxygen atoms in total. The van der Waals surface area contributed by atoms with Gasteiger partial charge >= 0.3 is 5.63 Å². The van der Waals surface area contributed by atoms with Crippen LogP contribution in [-0.2, 0) is 0 Å². The molecule has 2 aromatic carbocycles. The molecule has 132 valence electrons. The van der Waals surface area contributed by atoms with Crippen molar-refractivity contribution in [3.05, 3.63) is 58.7 Å². The largest absolute Gasteiger partial charge is 0.436 e. The van der Waals surface area contributed by atoms with E-state index in [0.717, 1.165) is 0 Å². The van der Waals surface area contributed by atoms with Crippen LogP contribution in [0.5, 0.6) is 0 Å². The zero-order valence-corrected chi connectivity index (χ0v) is 14.5. The van der Waals surface area contributed by atoms with Gasteiger partial charge in [0.05, 0.1) is 5.69 Å². The molecule has 26 heavy (non-hydrogen) atoms. The van der Waals surface area contributed by atoms with Crippen molar-refractivity contribution in [3.63, 3.8) is 0 Å². The second-order valence-corrected chi connectivity index (χ2v) is 5.95. The predicted octanol–water partition coefficient (Wildman–Crippen LogP) is 4.59. The third kappa shape index (κ3) is 2.63. The summed E-state index contributed by atoms with van der Waals surface area (Å²) in [6.45, 7) is 5.20. The van der Waals surface area contributed by atoms with Gasteiger partial charge in [0, 0.05) is 24.5 Å². The highest BCUT2D eigenvalue weighted by Crippen LogP contribution is 2.29. The summed E-state index contributed by atoms with van der Waals surface area (Å²) in [4.78, 5) is 18.6. The van der Waals surface area contributed by atoms with Crippen LogP contribution in [0.1, 0.15) is 13.8 Å². The fourth-order valence-corrected chi connectivity index (χ4v) is 3.07. The van der Waals surface area contributed by atoms with Crippen LogP contribution in [0.4, 0.5) is 10.1 Å². The smallest absolute Gasteiger partial charge is 0.349 e. The number of benzene rings is 2. The summed E-state index contributed by atoms with van der Waals surface area (Å²) < 4.78 is 25.6. The molecule has 2 aromatic heterocycles. The molecule has 0 aliphatic rings. The quantitative estimate of drug-likeness (QED) is 0.503. The van der Waals surface area contributed by atoms with Gasteiger partial charge in [-0.25, -0.2) is 14.2 Å². The minimum atomic E-state index is -0.568. The Labute approximate surface area is 148 Å². The van der Waals surface area contributed by atoms with Gasteiger partial charge < -0.3 is 13.7 Å². The van der Waals surface area contributed by atoms with Gasteiger partial charge in [-0.3, -0.25) is 0 Å². The van der Waals surface area contributed by atoms with Crippen LogP contribution in [0.3, 0.4) is 0 Å². The van der Waals surface area contributed by atoms with E-state index in [9.17, 15) is 9.18 Å². The molecule has 4 aromatic rings. The first-order valence-corrected chi connectivity index (χ1v) is 8.49. The molecule has 0 amide bonds. The maximum absolute atomic E-state index is 14.5. The molecule has 0 radical (unpaired) electrons. The summed E-state index contributed by atoms with van der Waals surface area (Å²) in [5.41, 5.74) is 1.57. The third-order valence-corrected chi connectivity index (χ3v) is 4.43. The van der Waals surface area contributed by atoms with Crippen molar-refractivity contribution in [1.29, 1.82) is 0 Å². The van der Waals surface area contributed by atoms with Crippen LogP contribution in [-0.4, -0.2) is 18.1 Å². The molecule has 0 fully saturated rings. The Morgan fingerprint density at radius 1 is 1.04 bits per heavy atom. The standard InChI is InChI=1S/C20H17FN2O3/c1-3-23(4-2)16-11-18-12(10-14(16)21)9-13(20(24)26-18)19-22-15-7-5-6-8-17(15)25-19/h5-11H,3-4H2,1-2H3. The van der Waals surface area contributed by atoms with E-state index in [0.29, 0.717) is 40.8 Å². The number of nitrogens with zero attached hydrogens (tertiary/aromatic N) is 2. The number of anilines is 1. The fraction of sp³-hybridized carbons (Fsp3) is 0.200. The van der Waals surface area contributed by atoms with Crippen LogP contribution in [0.25, 0.3) is 33.5 Å². The molecule has 0 saturated carbocycles. The van der Waals surface area contributed by atoms with Gasteiger partial charge in [0.25, 0.3) is 0 Å². The molecule has 0 aliphatic carbocycles. The molecular formula is C20H17FN2O3. The molecule has 0 saturated heterocycles. The van der Waals surface area contributed by atoms with Crippen LogP contribution in [0.15, 0.2) is 56.1 Å². The van der Waals surface area contributed by atoms with Gasteiger partial charge in [-0.15, -0.1) is 0 Å². The lowest BCUT2D eigenvalue weighted by molar-refractivity contribution is 0.551. The van der Waals surface area contributed by atoms with Crippen molar-refractivity contribution < 1.29 is 13.2 Å². The van der Waals surface area contributed by atoms with Crippen molar-refractivity contribution in [3.8, 4) is 11.5 Å². The number of rotatable bonds is 4. The number of halogens is 1. The Bertz CT molecular complexity index is 1130. The summed E-state index contributed by atoms with van der Waals surface area (Å²) in [6.07, 6.45) is 0. The van der Waals surface area contributed by atoms with E-state index in [1.54, 1.807) is 24.3 Å². The molecule has 0 bridgehead atoms. The van der Waals surface area contributed by atoms with Crippen molar-refractivity contribution in [1.82, 2.24) is 4.98 Å². The van der Waals surface area contributed by atoms with Crippen molar-refractivity contribution in [2.45, 2.75) is 13.8 Å². The van der Waals surface area contributed by atoms with Crippen molar-refractivity contribution >= 4 is 27.8 Å². The van der Waals surface area contributed by atoms with Gasteiger partial charge in [0.15, 0.2) is 5.58 Å². The molecule has 4 rings (SSSR count). The molecule has 0 atom stereocenters. The second-order valence-electron chi connectivity index (χ2n) is 5.95. The first-order chi connectivity index (χ1) is 12.6. The van der Waals surface area contributed by atoms with Crippen molar-refractivity contribution in [2.24, 2.45) is 0 Å². The first-order valence-electron chi connectivity index (χ1n) is 8.49. The van der Waals surface area contributed by atoms with E-state index in [4.69, 9.17) is 8.83 Å². The summed E-state index contributed by atoms with van der Waals surface area (Å²) in [5, 5.41) is 0.482. The molecular weight excluding hydrogens is 335 g/mol. The lowest BCUT2D eigenvalue weighted by atomic mass is 10.1. The summed E-state index contributed by atoms with van der Waals surface area (Å²) in [5.74, 6) is -0.200. The summed E-state index contributed by atoms with van der Waals surface area (Å²) in [7, 11) is 0. The minimum absolute atomic E-state index is 0.162. The van der Waals surface area contributed by atoms with Gasteiger partial charge in [-0.1, -0.05) is 12.1 Å². The molecule has 0 unspecified atom stereocenters. The molecule has 0 aliphatic heterocycles. The maximum atomic E-state index is 14.5. The maximum Gasteiger partial charge on any atom is 0.349 e. The lowest BCUT2D eigenvalue weighted by Gasteiger charge is -2.21. The summed E-state index contributed by atoms with van der Waals surface area (Å²) >= 11 is 0. The highest BCUT2D eigenvalue weighted by Gasteiger charge is 2.17. The average Bonchev–Trinajstić information content (AvgIpc) is 3.07. The van der Waals surface area contributed by atoms with Gasteiger partial charge in [0.2, 0.25) is 5.89 Å². The second kappa shape index (κ2) is 6.29. The Balaban J connectivity index is 1.89. The van der Waals surface area contributed by atoms with Crippen LogP contribution in [0.2, 0.25) is 0 Å². The van der Waals surface area contributed by atoms with E-state index in [-0.39, 0.29) is 17.3 Å². The van der Waals surface area contributed by atoms with E-state index in [1.165, 1.54) is 6.07 Å². The van der Waals surface area contributed by atoms with Gasteiger partial charge in [-0.05, 0) is 38.1 Å². The Hall–Kier alpha value is -3.15. The topological polar surface area (TPSA) is 59.5 Å². The van der Waals surface area contributed by atoms with E-state index in [1.807, 2.05) is 30.9 Å². The van der Waals surface area contributed by atoms with Crippen molar-refractivity contribution in [2.75, 3.05) is 18.0 Å². The first kappa shape index (κ1) is 16.3. The van der Waals surface area contributed by atoms with Gasteiger partial charge in [0.1, 0.15) is 22.5 Å². The Kier molecular flexibility index (Phi) is 3.95. The van der Waals surface area contributed by atoms with Gasteiger partial charge in [-0.2, -0.15) is 0 Å². The number of aromatic nitrogens is 1. The third-order valence-electron chi connectivity index (χ3n) is 4.43. The molecule has 0 spiro atoms. The van der Waals surface area contributed by atoms with E-state index >= 15 is 0 Å². The van der Waals surface area contributed by atoms with Crippen LogP contribution >= 0.6 is 0 Å². The Morgan fingerprint density at radius 2 is 1.81 bits per heavy atom. The predicted molar refractivity (Wildman–Crippen MR) is 99.0 cm³/mol. The zero-order chi connectivity index (χ0) is 18.3. The molecule has 6 heteroatoms. The SMILES string of the molecule is CCN(CC)c1cc2oc(=O)c(-c3nc4ccccc4o3)cc2cc1F. The lowest BCUT2D eigenvalue weighted by Crippen LogP contribution is -2.23. The fourth-order valence-electron chi connectivity index (χ4n) is 3.07. The Morgan fingerprint density at radius 3 is 2.54 bits per heavy atom. The average molecular weight is 352 g/mol. The van der Waals surface area contributed by atoms with Crippen LogP contribution in [0, 0.1) is 5.82 Å². The minimum Gasteiger partial charge on any atom is -0.436 e. The number of para-hydroxylation sites is 2. The monoisotopic (exact) mass is 352 g/mol. The van der Waals surface area contributed by atoms with E-state index in [2.05, 4.69) is 4.98 Å². The normalized spacial score (nSPS) is 11.3. The van der Waals surface area contributed by atoms with Crippen LogP contribution < -0.4 is 10.5 Å². The number of oxazole rings is 1. The molecule has 2 heterocycles. The highest BCUT2D eigenvalue weighted by atomic mass is 19.1.